The summed E-state index contributed by atoms with van der Waals surface area (Å²) in [7, 11) is -3.83. The first-order valence-electron chi connectivity index (χ1n) is 5.14. The maximum absolute atomic E-state index is 12.1. The van der Waals surface area contributed by atoms with Crippen molar-refractivity contribution >= 4 is 16.0 Å². The second-order valence-corrected chi connectivity index (χ2v) is 5.40. The van der Waals surface area contributed by atoms with E-state index in [1.165, 1.54) is 24.3 Å². The number of benzene rings is 1. The number of hydrogen-bond acceptors (Lipinski definition) is 4. The Bertz CT molecular complexity index is 572. The molecule has 0 unspecified atom stereocenters. The zero-order valence-corrected chi connectivity index (χ0v) is 10.5. The minimum Gasteiger partial charge on any atom is -0.480 e. The minimum atomic E-state index is -3.83. The molecule has 0 radical (unpaired) electrons. The van der Waals surface area contributed by atoms with Gasteiger partial charge in [0.25, 0.3) is 0 Å². The Morgan fingerprint density at radius 2 is 1.94 bits per heavy atom. The van der Waals surface area contributed by atoms with Gasteiger partial charge in [-0.25, -0.2) is 8.42 Å². The van der Waals surface area contributed by atoms with Gasteiger partial charge < -0.3 is 5.11 Å². The largest absolute Gasteiger partial charge is 0.480 e. The Morgan fingerprint density at radius 3 is 2.33 bits per heavy atom. The summed E-state index contributed by atoms with van der Waals surface area (Å²) >= 11 is 0. The number of hydrogen-bond donors (Lipinski definition) is 1. The van der Waals surface area contributed by atoms with Crippen LogP contribution in [0.3, 0.4) is 0 Å². The first kappa shape index (κ1) is 14.2. The van der Waals surface area contributed by atoms with Crippen molar-refractivity contribution in [1.29, 1.82) is 5.26 Å². The third-order valence-corrected chi connectivity index (χ3v) is 4.22. The monoisotopic (exact) mass is 268 g/mol. The van der Waals surface area contributed by atoms with Crippen molar-refractivity contribution in [3.63, 3.8) is 0 Å². The maximum Gasteiger partial charge on any atom is 0.318 e. The average molecular weight is 268 g/mol. The van der Waals surface area contributed by atoms with Crippen molar-refractivity contribution in [2.24, 2.45) is 0 Å². The number of carboxylic acid groups (broad SMARTS) is 1. The molecule has 0 spiro atoms. The van der Waals surface area contributed by atoms with E-state index in [4.69, 9.17) is 10.4 Å². The van der Waals surface area contributed by atoms with E-state index in [1.54, 1.807) is 6.92 Å². The number of nitrogens with zero attached hydrogens (tertiary/aromatic N) is 2. The van der Waals surface area contributed by atoms with Gasteiger partial charge in [-0.05, 0) is 24.3 Å². The van der Waals surface area contributed by atoms with E-state index < -0.39 is 22.5 Å². The summed E-state index contributed by atoms with van der Waals surface area (Å²) in [6.45, 7) is 1.04. The smallest absolute Gasteiger partial charge is 0.318 e. The van der Waals surface area contributed by atoms with Gasteiger partial charge in [-0.2, -0.15) is 9.57 Å². The molecule has 0 saturated carbocycles. The third kappa shape index (κ3) is 3.06. The van der Waals surface area contributed by atoms with E-state index in [0.717, 1.165) is 4.31 Å². The van der Waals surface area contributed by atoms with Crippen LogP contribution < -0.4 is 0 Å². The predicted molar refractivity (Wildman–Crippen MR) is 63.2 cm³/mol. The summed E-state index contributed by atoms with van der Waals surface area (Å²) in [6.07, 6.45) is 0. The van der Waals surface area contributed by atoms with Gasteiger partial charge in [0.15, 0.2) is 0 Å². The Balaban J connectivity index is 3.11. The van der Waals surface area contributed by atoms with Crippen molar-refractivity contribution < 1.29 is 18.3 Å². The van der Waals surface area contributed by atoms with Gasteiger partial charge in [0, 0.05) is 6.54 Å². The van der Waals surface area contributed by atoms with Crippen LogP contribution in [0.4, 0.5) is 0 Å². The predicted octanol–water partition coefficient (Wildman–Crippen LogP) is 0.653. The molecule has 0 fully saturated rings. The van der Waals surface area contributed by atoms with E-state index in [1.807, 2.05) is 6.07 Å². The molecule has 0 bridgehead atoms. The second kappa shape index (κ2) is 5.62. The Hall–Kier alpha value is -1.91. The lowest BCUT2D eigenvalue weighted by molar-refractivity contribution is -0.137. The van der Waals surface area contributed by atoms with E-state index in [-0.39, 0.29) is 11.4 Å². The SMILES string of the molecule is CCN(CC(=O)O)S(=O)(=O)c1ccc(C#N)cc1. The molecule has 96 valence electrons. The molecule has 1 N–H and O–H groups in total. The fourth-order valence-electron chi connectivity index (χ4n) is 1.37. The van der Waals surface area contributed by atoms with Crippen LogP contribution in [0, 0.1) is 11.3 Å². The lowest BCUT2D eigenvalue weighted by atomic mass is 10.2. The van der Waals surface area contributed by atoms with Crippen LogP contribution in [0.2, 0.25) is 0 Å². The maximum atomic E-state index is 12.1. The highest BCUT2D eigenvalue weighted by Crippen LogP contribution is 2.15. The van der Waals surface area contributed by atoms with Crippen LogP contribution in [0.1, 0.15) is 12.5 Å². The number of aliphatic carboxylic acids is 1. The van der Waals surface area contributed by atoms with Crippen molar-refractivity contribution in [1.82, 2.24) is 4.31 Å². The topological polar surface area (TPSA) is 98.5 Å². The standard InChI is InChI=1S/C11H12N2O4S/c1-2-13(8-11(14)15)18(16,17)10-5-3-9(7-12)4-6-10/h3-6H,2,8H2,1H3,(H,14,15). The molecule has 0 saturated heterocycles. The Kier molecular flexibility index (Phi) is 4.42. The van der Waals surface area contributed by atoms with Gasteiger partial charge in [0.2, 0.25) is 10.0 Å². The van der Waals surface area contributed by atoms with Crippen LogP contribution in [-0.4, -0.2) is 36.9 Å². The number of likely N-dealkylation sites (N-methyl/N-ethyl adjacent to an activating group) is 1. The lowest BCUT2D eigenvalue weighted by Crippen LogP contribution is -2.35. The highest BCUT2D eigenvalue weighted by molar-refractivity contribution is 7.89. The first-order valence-corrected chi connectivity index (χ1v) is 6.58. The molecule has 6 nitrogen and oxygen atoms in total. The molecule has 18 heavy (non-hydrogen) atoms. The summed E-state index contributed by atoms with van der Waals surface area (Å²) in [4.78, 5) is 10.6. The zero-order chi connectivity index (χ0) is 13.8. The van der Waals surface area contributed by atoms with Gasteiger partial charge in [-0.3, -0.25) is 4.79 Å². The zero-order valence-electron chi connectivity index (χ0n) is 9.70. The molecule has 1 aromatic rings. The summed E-state index contributed by atoms with van der Waals surface area (Å²) in [5.74, 6) is -1.21. The minimum absolute atomic E-state index is 0.0235. The molecule has 0 aliphatic carbocycles. The molecule has 0 aliphatic heterocycles. The molecule has 7 heteroatoms. The summed E-state index contributed by atoms with van der Waals surface area (Å²) in [5, 5.41) is 17.3. The number of carbonyl (C=O) groups is 1. The van der Waals surface area contributed by atoms with Crippen molar-refractivity contribution in [3.8, 4) is 6.07 Å². The normalized spacial score (nSPS) is 11.2. The molecule has 0 atom stereocenters. The van der Waals surface area contributed by atoms with Crippen molar-refractivity contribution in [3.05, 3.63) is 29.8 Å². The molecule has 0 amide bonds. The Labute approximate surface area is 105 Å². The molecule has 1 rings (SSSR count). The Morgan fingerprint density at radius 1 is 1.39 bits per heavy atom. The lowest BCUT2D eigenvalue weighted by Gasteiger charge is -2.18. The van der Waals surface area contributed by atoms with Crippen molar-refractivity contribution in [2.75, 3.05) is 13.1 Å². The summed E-state index contributed by atoms with van der Waals surface area (Å²) in [5.41, 5.74) is 0.343. The number of nitriles is 1. The second-order valence-electron chi connectivity index (χ2n) is 3.46. The summed E-state index contributed by atoms with van der Waals surface area (Å²) in [6, 6.07) is 7.21. The van der Waals surface area contributed by atoms with Crippen LogP contribution in [-0.2, 0) is 14.8 Å². The van der Waals surface area contributed by atoms with E-state index >= 15 is 0 Å². The third-order valence-electron chi connectivity index (χ3n) is 2.29. The van der Waals surface area contributed by atoms with E-state index in [9.17, 15) is 13.2 Å². The van der Waals surface area contributed by atoms with Crippen LogP contribution in [0.25, 0.3) is 0 Å². The van der Waals surface area contributed by atoms with Gasteiger partial charge in [0.05, 0.1) is 16.5 Å². The molecule has 0 aromatic heterocycles. The number of sulfonamides is 1. The van der Waals surface area contributed by atoms with Gasteiger partial charge in [-0.15, -0.1) is 0 Å². The highest BCUT2D eigenvalue weighted by atomic mass is 32.2. The van der Waals surface area contributed by atoms with Crippen LogP contribution in [0.15, 0.2) is 29.2 Å². The first-order chi connectivity index (χ1) is 8.41. The molecular formula is C11H12N2O4S. The quantitative estimate of drug-likeness (QED) is 0.845. The number of rotatable bonds is 5. The fraction of sp³-hybridized carbons (Fsp3) is 0.273. The van der Waals surface area contributed by atoms with Crippen molar-refractivity contribution in [2.45, 2.75) is 11.8 Å². The van der Waals surface area contributed by atoms with Gasteiger partial charge in [0.1, 0.15) is 6.54 Å². The fourth-order valence-corrected chi connectivity index (χ4v) is 2.77. The highest BCUT2D eigenvalue weighted by Gasteiger charge is 2.24. The van der Waals surface area contributed by atoms with Gasteiger partial charge in [-0.1, -0.05) is 6.92 Å². The van der Waals surface area contributed by atoms with E-state index in [2.05, 4.69) is 0 Å². The average Bonchev–Trinajstić information content (AvgIpc) is 2.35. The van der Waals surface area contributed by atoms with Gasteiger partial charge >= 0.3 is 5.97 Å². The molecular weight excluding hydrogens is 256 g/mol. The molecule has 0 aliphatic rings. The molecule has 0 heterocycles. The van der Waals surface area contributed by atoms with Crippen LogP contribution >= 0.6 is 0 Å². The number of carboxylic acids is 1. The van der Waals surface area contributed by atoms with Crippen LogP contribution in [0.5, 0.6) is 0 Å². The van der Waals surface area contributed by atoms with E-state index in [0.29, 0.717) is 5.56 Å². The molecule has 1 aromatic carbocycles. The summed E-state index contributed by atoms with van der Waals surface area (Å²) < 4.78 is 25.0.